The van der Waals surface area contributed by atoms with E-state index in [2.05, 4.69) is 0 Å². The number of ether oxygens (including phenoxy) is 2. The van der Waals surface area contributed by atoms with Crippen molar-refractivity contribution in [3.8, 4) is 0 Å². The summed E-state index contributed by atoms with van der Waals surface area (Å²) in [5.41, 5.74) is 0.423. The van der Waals surface area contributed by atoms with E-state index in [0.717, 1.165) is 0 Å². The summed E-state index contributed by atoms with van der Waals surface area (Å²) >= 11 is 0. The minimum atomic E-state index is -1.53. The quantitative estimate of drug-likeness (QED) is 0.570. The monoisotopic (exact) mass is 326 g/mol. The van der Waals surface area contributed by atoms with Crippen LogP contribution in [-0.2, 0) is 19.1 Å². The van der Waals surface area contributed by atoms with Crippen molar-refractivity contribution in [2.24, 2.45) is 0 Å². The minimum Gasteiger partial charge on any atom is -0.447 e. The standard InChI is InChI=1S/C18H14O6/c19-11-15(23-17(21)13-7-3-1-4-8-13)16(12-20)24-18(22)14-9-5-2-6-10-14/h1-12,15-16H. The fourth-order valence-electron chi connectivity index (χ4n) is 1.88. The van der Waals surface area contributed by atoms with Gasteiger partial charge in [0.05, 0.1) is 11.1 Å². The van der Waals surface area contributed by atoms with Crippen molar-refractivity contribution in [2.45, 2.75) is 12.2 Å². The summed E-state index contributed by atoms with van der Waals surface area (Å²) < 4.78 is 9.92. The van der Waals surface area contributed by atoms with Crippen LogP contribution >= 0.6 is 0 Å². The highest BCUT2D eigenvalue weighted by atomic mass is 16.6. The van der Waals surface area contributed by atoms with E-state index in [4.69, 9.17) is 9.47 Å². The molecule has 2 atom stereocenters. The smallest absolute Gasteiger partial charge is 0.338 e. The summed E-state index contributed by atoms with van der Waals surface area (Å²) in [6.45, 7) is 0. The van der Waals surface area contributed by atoms with Crippen molar-refractivity contribution in [3.63, 3.8) is 0 Å². The summed E-state index contributed by atoms with van der Waals surface area (Å²) in [6, 6.07) is 15.9. The molecule has 0 radical (unpaired) electrons. The molecule has 0 fully saturated rings. The Labute approximate surface area is 138 Å². The van der Waals surface area contributed by atoms with E-state index in [1.165, 1.54) is 24.3 Å². The van der Waals surface area contributed by atoms with E-state index in [9.17, 15) is 19.2 Å². The van der Waals surface area contributed by atoms with Crippen molar-refractivity contribution in [1.82, 2.24) is 0 Å². The van der Waals surface area contributed by atoms with Gasteiger partial charge >= 0.3 is 11.9 Å². The molecule has 0 saturated carbocycles. The van der Waals surface area contributed by atoms with Crippen LogP contribution in [0.2, 0.25) is 0 Å². The van der Waals surface area contributed by atoms with Crippen molar-refractivity contribution >= 4 is 24.5 Å². The largest absolute Gasteiger partial charge is 0.447 e. The van der Waals surface area contributed by atoms with Gasteiger partial charge in [0, 0.05) is 0 Å². The Morgan fingerprint density at radius 3 is 1.29 bits per heavy atom. The molecule has 0 aliphatic heterocycles. The Kier molecular flexibility index (Phi) is 5.96. The first-order valence-electron chi connectivity index (χ1n) is 7.08. The summed E-state index contributed by atoms with van der Waals surface area (Å²) in [7, 11) is 0. The molecule has 2 aromatic rings. The molecule has 2 rings (SSSR count). The van der Waals surface area contributed by atoms with E-state index in [1.807, 2.05) is 0 Å². The first-order valence-corrected chi connectivity index (χ1v) is 7.08. The summed E-state index contributed by atoms with van der Waals surface area (Å²) in [5, 5.41) is 0. The molecule has 0 N–H and O–H groups in total. The lowest BCUT2D eigenvalue weighted by atomic mass is 10.2. The molecule has 0 amide bonds. The van der Waals surface area contributed by atoms with Gasteiger partial charge in [0.15, 0.2) is 12.6 Å². The molecule has 0 spiro atoms. The first-order chi connectivity index (χ1) is 11.7. The summed E-state index contributed by atoms with van der Waals surface area (Å²) in [6.07, 6.45) is -2.55. The molecule has 0 saturated heterocycles. The van der Waals surface area contributed by atoms with Crippen LogP contribution in [0.5, 0.6) is 0 Å². The normalized spacial score (nSPS) is 12.5. The van der Waals surface area contributed by atoms with Gasteiger partial charge < -0.3 is 9.47 Å². The van der Waals surface area contributed by atoms with Gasteiger partial charge in [-0.1, -0.05) is 36.4 Å². The van der Waals surface area contributed by atoms with Gasteiger partial charge in [-0.2, -0.15) is 0 Å². The Hall–Kier alpha value is -3.28. The number of benzene rings is 2. The lowest BCUT2D eigenvalue weighted by molar-refractivity contribution is -0.130. The molecule has 6 heteroatoms. The van der Waals surface area contributed by atoms with E-state index in [0.29, 0.717) is 0 Å². The molecule has 2 unspecified atom stereocenters. The first kappa shape index (κ1) is 17.1. The molecule has 6 nitrogen and oxygen atoms in total. The zero-order valence-corrected chi connectivity index (χ0v) is 12.5. The Bertz CT molecular complexity index is 647. The molecule has 122 valence electrons. The molecule has 24 heavy (non-hydrogen) atoms. The zero-order chi connectivity index (χ0) is 17.4. The van der Waals surface area contributed by atoms with Crippen molar-refractivity contribution < 1.29 is 28.7 Å². The molecule has 0 bridgehead atoms. The van der Waals surface area contributed by atoms with Gasteiger partial charge in [0.25, 0.3) is 0 Å². The lowest BCUT2D eigenvalue weighted by Crippen LogP contribution is -2.37. The number of carbonyl (C=O) groups excluding carboxylic acids is 4. The van der Waals surface area contributed by atoms with Gasteiger partial charge in [0.1, 0.15) is 0 Å². The van der Waals surface area contributed by atoms with Gasteiger partial charge in [-0.3, -0.25) is 9.59 Å². The fraction of sp³-hybridized carbons (Fsp3) is 0.111. The topological polar surface area (TPSA) is 86.7 Å². The molecule has 0 aliphatic carbocycles. The number of aldehydes is 2. The van der Waals surface area contributed by atoms with Gasteiger partial charge in [-0.15, -0.1) is 0 Å². The van der Waals surface area contributed by atoms with Crippen LogP contribution in [0.3, 0.4) is 0 Å². The third-order valence-corrected chi connectivity index (χ3v) is 3.10. The number of rotatable bonds is 7. The average Bonchev–Trinajstić information content (AvgIpc) is 2.65. The summed E-state index contributed by atoms with van der Waals surface area (Å²) in [4.78, 5) is 46.2. The van der Waals surface area contributed by atoms with Gasteiger partial charge in [-0.25, -0.2) is 9.59 Å². The fourth-order valence-corrected chi connectivity index (χ4v) is 1.88. The van der Waals surface area contributed by atoms with Crippen molar-refractivity contribution in [1.29, 1.82) is 0 Å². The molecule has 0 aromatic heterocycles. The third-order valence-electron chi connectivity index (χ3n) is 3.10. The molecule has 2 aromatic carbocycles. The highest BCUT2D eigenvalue weighted by Gasteiger charge is 2.29. The van der Waals surface area contributed by atoms with Crippen molar-refractivity contribution in [3.05, 3.63) is 71.8 Å². The van der Waals surface area contributed by atoms with E-state index >= 15 is 0 Å². The van der Waals surface area contributed by atoms with E-state index in [-0.39, 0.29) is 23.7 Å². The van der Waals surface area contributed by atoms with Crippen LogP contribution in [0, 0.1) is 0 Å². The Morgan fingerprint density at radius 1 is 0.667 bits per heavy atom. The van der Waals surface area contributed by atoms with Gasteiger partial charge in [0.2, 0.25) is 12.2 Å². The molecule has 0 heterocycles. The number of hydrogen-bond acceptors (Lipinski definition) is 6. The average molecular weight is 326 g/mol. The van der Waals surface area contributed by atoms with Crippen LogP contribution in [0.1, 0.15) is 20.7 Å². The lowest BCUT2D eigenvalue weighted by Gasteiger charge is -2.18. The van der Waals surface area contributed by atoms with E-state index < -0.39 is 24.1 Å². The van der Waals surface area contributed by atoms with Crippen molar-refractivity contribution in [2.75, 3.05) is 0 Å². The highest BCUT2D eigenvalue weighted by molar-refractivity contribution is 5.92. The number of esters is 2. The van der Waals surface area contributed by atoms with Crippen LogP contribution in [0.15, 0.2) is 60.7 Å². The maximum atomic E-state index is 12.0. The second-order valence-corrected chi connectivity index (χ2v) is 4.74. The Balaban J connectivity index is 2.06. The van der Waals surface area contributed by atoms with Crippen LogP contribution in [-0.4, -0.2) is 36.7 Å². The van der Waals surface area contributed by atoms with Gasteiger partial charge in [-0.05, 0) is 24.3 Å². The second-order valence-electron chi connectivity index (χ2n) is 4.74. The maximum Gasteiger partial charge on any atom is 0.338 e. The maximum absolute atomic E-state index is 12.0. The van der Waals surface area contributed by atoms with Crippen LogP contribution < -0.4 is 0 Å². The zero-order valence-electron chi connectivity index (χ0n) is 12.5. The number of hydrogen-bond donors (Lipinski definition) is 0. The molecular formula is C18H14O6. The second kappa shape index (κ2) is 8.38. The van der Waals surface area contributed by atoms with Crippen LogP contribution in [0.25, 0.3) is 0 Å². The Morgan fingerprint density at radius 2 is 1.00 bits per heavy atom. The van der Waals surface area contributed by atoms with E-state index in [1.54, 1.807) is 36.4 Å². The minimum absolute atomic E-state index is 0.211. The predicted octanol–water partition coefficient (Wildman–Crippen LogP) is 1.84. The molecular weight excluding hydrogens is 312 g/mol. The SMILES string of the molecule is O=CC(OC(=O)c1ccccc1)C(C=O)OC(=O)c1ccccc1. The third kappa shape index (κ3) is 4.36. The predicted molar refractivity (Wildman–Crippen MR) is 83.4 cm³/mol. The number of carbonyl (C=O) groups is 4. The highest BCUT2D eigenvalue weighted by Crippen LogP contribution is 2.10. The van der Waals surface area contributed by atoms with Crippen LogP contribution in [0.4, 0.5) is 0 Å². The molecule has 0 aliphatic rings. The summed E-state index contributed by atoms with van der Waals surface area (Å²) in [5.74, 6) is -1.59.